The molecular weight excluding hydrogens is 451 g/mol. The van der Waals surface area contributed by atoms with E-state index in [0.717, 1.165) is 0 Å². The molecule has 0 rings (SSSR count). The normalized spacial score (nSPS) is 13.2. The second-order valence-corrected chi connectivity index (χ2v) is 6.16. The zero-order valence-corrected chi connectivity index (χ0v) is 17.0. The van der Waals surface area contributed by atoms with E-state index >= 15 is 0 Å². The van der Waals surface area contributed by atoms with Gasteiger partial charge in [0.15, 0.2) is 0 Å². The third-order valence-corrected chi connectivity index (χ3v) is 3.95. The first kappa shape index (κ1) is 27.4. The number of carboxylic acids is 3. The summed E-state index contributed by atoms with van der Waals surface area (Å²) in [5.74, 6) is -4.65. The third kappa shape index (κ3) is 14.9. The van der Waals surface area contributed by atoms with Crippen LogP contribution in [0.25, 0.3) is 0 Å². The van der Waals surface area contributed by atoms with E-state index in [2.05, 4.69) is 39.3 Å². The van der Waals surface area contributed by atoms with Crippen molar-refractivity contribution in [3.63, 3.8) is 0 Å². The average Bonchev–Trinajstić information content (AvgIpc) is 2.61. The Morgan fingerprint density at radius 2 is 1.52 bits per heavy atom. The van der Waals surface area contributed by atoms with E-state index in [1.165, 1.54) is 0 Å². The van der Waals surface area contributed by atoms with Crippen LogP contribution in [0.2, 0.25) is 5.32 Å². The van der Waals surface area contributed by atoms with Crippen LogP contribution in [-0.4, -0.2) is 91.5 Å². The van der Waals surface area contributed by atoms with Gasteiger partial charge in [0, 0.05) is 12.2 Å². The number of aliphatic carboxylic acids is 3. The summed E-state index contributed by atoms with van der Waals surface area (Å²) >= 11 is 6.00. The SMILES string of the molecule is N[C@@H](CCC(=O)N[C@@H](CS)C(=O)NCC(=O)O)C(=O)O.N[C@@H](C[SeH])C(=O)O. The van der Waals surface area contributed by atoms with Gasteiger partial charge in [0.1, 0.15) is 18.6 Å². The van der Waals surface area contributed by atoms with Crippen molar-refractivity contribution in [2.24, 2.45) is 11.5 Å². The molecule has 0 aliphatic carbocycles. The molecule has 14 heteroatoms. The maximum absolute atomic E-state index is 11.5. The number of thiol groups is 1. The van der Waals surface area contributed by atoms with Crippen LogP contribution in [-0.2, 0) is 24.0 Å². The van der Waals surface area contributed by atoms with Gasteiger partial charge in [-0.2, -0.15) is 12.6 Å². The van der Waals surface area contributed by atoms with Crippen molar-refractivity contribution in [1.29, 1.82) is 0 Å². The number of rotatable bonds is 11. The summed E-state index contributed by atoms with van der Waals surface area (Å²) in [4.78, 5) is 53.5. The fraction of sp³-hybridized carbons (Fsp3) is 0.615. The molecule has 2 amide bonds. The van der Waals surface area contributed by atoms with Gasteiger partial charge in [-0.3, -0.25) is 19.2 Å². The van der Waals surface area contributed by atoms with Crippen molar-refractivity contribution in [3.05, 3.63) is 0 Å². The summed E-state index contributed by atoms with van der Waals surface area (Å²) in [7, 11) is 0. The van der Waals surface area contributed by atoms with Crippen molar-refractivity contribution in [2.75, 3.05) is 12.3 Å². The molecule has 0 radical (unpaired) electrons. The minimum atomic E-state index is -1.22. The summed E-state index contributed by atoms with van der Waals surface area (Å²) in [6.07, 6.45) is -0.235. The Morgan fingerprint density at radius 3 is 1.85 bits per heavy atom. The first-order valence-corrected chi connectivity index (χ1v) is 9.39. The molecule has 0 aromatic carbocycles. The topological polar surface area (TPSA) is 222 Å². The van der Waals surface area contributed by atoms with Crippen molar-refractivity contribution in [3.8, 4) is 0 Å². The van der Waals surface area contributed by atoms with E-state index < -0.39 is 54.4 Å². The van der Waals surface area contributed by atoms with Crippen molar-refractivity contribution < 1.29 is 39.3 Å². The van der Waals surface area contributed by atoms with E-state index in [4.69, 9.17) is 26.8 Å². The Kier molecular flexibility index (Phi) is 15.4. The molecule has 0 unspecified atom stereocenters. The van der Waals surface area contributed by atoms with E-state index in [1.807, 2.05) is 0 Å². The molecule has 0 spiro atoms. The zero-order valence-electron chi connectivity index (χ0n) is 14.2. The Hall–Kier alpha value is -1.86. The predicted octanol–water partition coefficient (Wildman–Crippen LogP) is -3.49. The van der Waals surface area contributed by atoms with Crippen molar-refractivity contribution in [2.45, 2.75) is 36.3 Å². The number of amides is 2. The summed E-state index contributed by atoms with van der Waals surface area (Å²) in [5, 5.41) is 29.8. The molecule has 0 aliphatic rings. The fourth-order valence-electron chi connectivity index (χ4n) is 1.23. The number of hydrogen-bond donors (Lipinski definition) is 8. The fourth-order valence-corrected chi connectivity index (χ4v) is 1.82. The Bertz CT molecular complexity index is 536. The van der Waals surface area contributed by atoms with Crippen LogP contribution >= 0.6 is 12.6 Å². The monoisotopic (exact) mass is 476 g/mol. The molecule has 0 bridgehead atoms. The van der Waals surface area contributed by atoms with Crippen LogP contribution in [0, 0.1) is 0 Å². The van der Waals surface area contributed by atoms with E-state index in [0.29, 0.717) is 5.32 Å². The van der Waals surface area contributed by atoms with Gasteiger partial charge in [-0.25, -0.2) is 0 Å². The molecule has 0 fully saturated rings. The minimum absolute atomic E-state index is 0.0256. The summed E-state index contributed by atoms with van der Waals surface area (Å²) in [5.41, 5.74) is 10.2. The summed E-state index contributed by atoms with van der Waals surface area (Å²) < 4.78 is 0. The van der Waals surface area contributed by atoms with Gasteiger partial charge >= 0.3 is 60.9 Å². The Morgan fingerprint density at radius 1 is 1.00 bits per heavy atom. The maximum atomic E-state index is 11.5. The summed E-state index contributed by atoms with van der Waals surface area (Å²) in [6, 6.07) is -2.86. The van der Waals surface area contributed by atoms with Gasteiger partial charge in [-0.15, -0.1) is 0 Å². The van der Waals surface area contributed by atoms with Gasteiger partial charge in [0.05, 0.1) is 0 Å². The van der Waals surface area contributed by atoms with Crippen LogP contribution in [0.15, 0.2) is 0 Å². The Labute approximate surface area is 168 Å². The number of carbonyl (C=O) groups is 5. The first-order chi connectivity index (χ1) is 12.5. The zero-order chi connectivity index (χ0) is 21.6. The quantitative estimate of drug-likeness (QED) is 0.109. The molecule has 0 heterocycles. The molecule has 0 aliphatic heterocycles. The molecule has 3 atom stereocenters. The van der Waals surface area contributed by atoms with Gasteiger partial charge in [-0.1, -0.05) is 0 Å². The molecule has 0 aromatic heterocycles. The van der Waals surface area contributed by atoms with Gasteiger partial charge < -0.3 is 26.6 Å². The number of hydrogen-bond acceptors (Lipinski definition) is 8. The third-order valence-electron chi connectivity index (χ3n) is 2.76. The number of carboxylic acid groups (broad SMARTS) is 3. The van der Waals surface area contributed by atoms with Gasteiger partial charge in [-0.05, 0) is 6.42 Å². The Balaban J connectivity index is 0. The van der Waals surface area contributed by atoms with Crippen LogP contribution in [0.1, 0.15) is 12.8 Å². The molecule has 0 aromatic rings. The van der Waals surface area contributed by atoms with Crippen molar-refractivity contribution in [1.82, 2.24) is 10.6 Å². The van der Waals surface area contributed by atoms with Crippen LogP contribution in [0.5, 0.6) is 0 Å². The van der Waals surface area contributed by atoms with E-state index in [1.54, 1.807) is 0 Å². The van der Waals surface area contributed by atoms with Gasteiger partial charge in [0.2, 0.25) is 11.8 Å². The van der Waals surface area contributed by atoms with Gasteiger partial charge in [0.25, 0.3) is 0 Å². The molecule has 156 valence electrons. The molecule has 12 nitrogen and oxygen atoms in total. The van der Waals surface area contributed by atoms with E-state index in [9.17, 15) is 24.0 Å². The molecule has 0 saturated heterocycles. The summed E-state index contributed by atoms with van der Waals surface area (Å²) in [6.45, 7) is -0.567. The van der Waals surface area contributed by atoms with Crippen LogP contribution in [0.3, 0.4) is 0 Å². The van der Waals surface area contributed by atoms with Crippen molar-refractivity contribution >= 4 is 58.4 Å². The molecule has 27 heavy (non-hydrogen) atoms. The second-order valence-electron chi connectivity index (χ2n) is 5.02. The molecular formula is C13H24N4O8SSe. The number of carbonyl (C=O) groups excluding carboxylic acids is 2. The van der Waals surface area contributed by atoms with E-state index in [-0.39, 0.29) is 18.6 Å². The van der Waals surface area contributed by atoms with Crippen LogP contribution in [0.4, 0.5) is 0 Å². The predicted molar refractivity (Wildman–Crippen MR) is 98.8 cm³/mol. The molecule has 9 N–H and O–H groups in total. The second kappa shape index (κ2) is 15.2. The number of nitrogens with one attached hydrogen (secondary N) is 2. The average molecular weight is 475 g/mol. The standard InChI is InChI=1S/C10H17N3O6S.C3H7NO2Se/c11-5(10(18)19)1-2-7(14)13-6(4-20)9(17)12-3-8(15)16;4-2(1-7)3(5)6/h5-6,20H,1-4,11H2,(H,12,17)(H,13,14)(H,15,16)(H,18,19);2,7H,1,4H2,(H,5,6)/t5-,6-;2-/m00/s1. The van der Waals surface area contributed by atoms with Crippen LogP contribution < -0.4 is 22.1 Å². The molecule has 0 saturated carbocycles. The number of nitrogens with two attached hydrogens (primary N) is 2. The first-order valence-electron chi connectivity index (χ1n) is 7.43.